The molecule has 1 aromatic carbocycles. The van der Waals surface area contributed by atoms with Gasteiger partial charge in [0.1, 0.15) is 13.2 Å². The van der Waals surface area contributed by atoms with Crippen molar-refractivity contribution >= 4 is 0 Å². The molecular formula is C20H35NO7. The summed E-state index contributed by atoms with van der Waals surface area (Å²) in [5, 5.41) is 0. The summed E-state index contributed by atoms with van der Waals surface area (Å²) in [6.07, 6.45) is 2.56. The fourth-order valence-electron chi connectivity index (χ4n) is 2.37. The van der Waals surface area contributed by atoms with Crippen LogP contribution in [0, 0.1) is 0 Å². The predicted molar refractivity (Wildman–Crippen MR) is 106 cm³/mol. The number of ether oxygens (including phenoxy) is 6. The molecule has 0 aliphatic carbocycles. The van der Waals surface area contributed by atoms with E-state index in [1.54, 1.807) is 14.2 Å². The normalized spacial score (nSPS) is 11.0. The second-order valence-corrected chi connectivity index (χ2v) is 6.02. The Hall–Kier alpha value is -1.42. The molecule has 1 rings (SSSR count). The molecule has 28 heavy (non-hydrogen) atoms. The number of methoxy groups -OCH3 is 2. The van der Waals surface area contributed by atoms with Crippen LogP contribution >= 0.6 is 0 Å². The van der Waals surface area contributed by atoms with Crippen molar-refractivity contribution in [3.8, 4) is 11.5 Å². The van der Waals surface area contributed by atoms with Crippen molar-refractivity contribution in [3.05, 3.63) is 23.8 Å². The Morgan fingerprint density at radius 3 is 2.07 bits per heavy atom. The average molecular weight is 402 g/mol. The van der Waals surface area contributed by atoms with Gasteiger partial charge in [0.05, 0.1) is 33.0 Å². The van der Waals surface area contributed by atoms with Crippen LogP contribution < -0.4 is 15.4 Å². The molecule has 162 valence electrons. The highest BCUT2D eigenvalue weighted by Gasteiger charge is 2.08. The molecule has 0 amide bonds. The van der Waals surface area contributed by atoms with Crippen LogP contribution in [0.5, 0.6) is 11.5 Å². The maximum Gasteiger partial charge on any atom is 0.161 e. The lowest BCUT2D eigenvalue weighted by atomic mass is 10.1. The number of hydrogen-bond acceptors (Lipinski definition) is 8. The van der Waals surface area contributed by atoms with E-state index in [-0.39, 0.29) is 0 Å². The predicted octanol–water partition coefficient (Wildman–Crippen LogP) is 1.98. The van der Waals surface area contributed by atoms with Crippen LogP contribution in [0.15, 0.2) is 18.2 Å². The van der Waals surface area contributed by atoms with Gasteiger partial charge in [-0.15, -0.1) is 0 Å². The van der Waals surface area contributed by atoms with E-state index in [2.05, 4.69) is 4.84 Å². The van der Waals surface area contributed by atoms with Crippen LogP contribution in [0.1, 0.15) is 18.4 Å². The van der Waals surface area contributed by atoms with Crippen molar-refractivity contribution in [1.82, 2.24) is 0 Å². The second kappa shape index (κ2) is 17.7. The smallest absolute Gasteiger partial charge is 0.161 e. The summed E-state index contributed by atoms with van der Waals surface area (Å²) >= 11 is 0. The van der Waals surface area contributed by atoms with E-state index in [1.807, 2.05) is 18.2 Å². The molecule has 0 fully saturated rings. The molecule has 0 atom stereocenters. The van der Waals surface area contributed by atoms with Gasteiger partial charge in [0.25, 0.3) is 0 Å². The van der Waals surface area contributed by atoms with Gasteiger partial charge in [0.15, 0.2) is 11.5 Å². The first-order valence-corrected chi connectivity index (χ1v) is 9.65. The third-order valence-electron chi connectivity index (χ3n) is 3.78. The molecule has 0 heterocycles. The minimum absolute atomic E-state index is 0.438. The molecule has 0 saturated carbocycles. The largest absolute Gasteiger partial charge is 0.487 e. The summed E-state index contributed by atoms with van der Waals surface area (Å²) in [5.74, 6) is 6.47. The first-order chi connectivity index (χ1) is 13.8. The van der Waals surface area contributed by atoms with Crippen molar-refractivity contribution in [2.24, 2.45) is 5.90 Å². The van der Waals surface area contributed by atoms with Crippen LogP contribution in [-0.4, -0.2) is 73.7 Å². The summed E-state index contributed by atoms with van der Waals surface area (Å²) in [7, 11) is 3.33. The minimum atomic E-state index is 0.438. The van der Waals surface area contributed by atoms with Crippen LogP contribution in [0.4, 0.5) is 0 Å². The van der Waals surface area contributed by atoms with Crippen molar-refractivity contribution < 1.29 is 33.3 Å². The summed E-state index contributed by atoms with van der Waals surface area (Å²) in [6, 6.07) is 5.93. The Bertz CT molecular complexity index is 488. The Labute approximate surface area is 168 Å². The number of nitrogens with two attached hydrogens (primary N) is 1. The maximum absolute atomic E-state index is 5.89. The molecule has 8 nitrogen and oxygen atoms in total. The van der Waals surface area contributed by atoms with Crippen molar-refractivity contribution in [2.45, 2.75) is 19.3 Å². The topological polar surface area (TPSA) is 90.6 Å². The Morgan fingerprint density at radius 2 is 1.36 bits per heavy atom. The second-order valence-electron chi connectivity index (χ2n) is 6.02. The zero-order valence-electron chi connectivity index (χ0n) is 17.2. The van der Waals surface area contributed by atoms with Gasteiger partial charge in [-0.1, -0.05) is 6.07 Å². The minimum Gasteiger partial charge on any atom is -0.487 e. The lowest BCUT2D eigenvalue weighted by molar-refractivity contribution is 0.0531. The number of hydrogen-bond donors (Lipinski definition) is 1. The average Bonchev–Trinajstić information content (AvgIpc) is 2.71. The van der Waals surface area contributed by atoms with E-state index in [0.717, 1.165) is 24.8 Å². The van der Waals surface area contributed by atoms with Gasteiger partial charge < -0.3 is 33.3 Å². The summed E-state index contributed by atoms with van der Waals surface area (Å²) < 4.78 is 32.6. The summed E-state index contributed by atoms with van der Waals surface area (Å²) in [6.45, 7) is 4.86. The number of rotatable bonds is 19. The molecule has 8 heteroatoms. The van der Waals surface area contributed by atoms with Gasteiger partial charge in [0.2, 0.25) is 0 Å². The summed E-state index contributed by atoms with van der Waals surface area (Å²) in [5.41, 5.74) is 1.14. The van der Waals surface area contributed by atoms with Crippen molar-refractivity contribution in [1.29, 1.82) is 0 Å². The quantitative estimate of drug-likeness (QED) is 0.278. The molecule has 0 aromatic heterocycles. The Balaban J connectivity index is 2.47. The monoisotopic (exact) mass is 401 g/mol. The molecule has 1 aromatic rings. The fourth-order valence-corrected chi connectivity index (χ4v) is 2.37. The van der Waals surface area contributed by atoms with E-state index in [9.17, 15) is 0 Å². The molecule has 2 N–H and O–H groups in total. The van der Waals surface area contributed by atoms with Gasteiger partial charge in [-0.25, -0.2) is 5.90 Å². The van der Waals surface area contributed by atoms with Gasteiger partial charge in [-0.05, 0) is 37.0 Å². The Kier molecular flexibility index (Phi) is 15.5. The molecule has 0 aliphatic rings. The third-order valence-corrected chi connectivity index (χ3v) is 3.78. The highest BCUT2D eigenvalue weighted by molar-refractivity contribution is 5.43. The third kappa shape index (κ3) is 12.1. The first kappa shape index (κ1) is 24.6. The number of benzene rings is 1. The standard InChI is InChI=1S/C20H35NO7/c1-22-8-4-9-24-13-16-27-20-17-18(5-3-10-28-21)6-7-19(20)26-15-14-25-12-11-23-2/h6-7,17H,3-5,8-16,21H2,1-2H3. The summed E-state index contributed by atoms with van der Waals surface area (Å²) in [4.78, 5) is 4.63. The molecule has 0 aliphatic heterocycles. The van der Waals surface area contributed by atoms with Gasteiger partial charge in [-0.2, -0.15) is 0 Å². The highest BCUT2D eigenvalue weighted by atomic mass is 16.6. The van der Waals surface area contributed by atoms with E-state index >= 15 is 0 Å². The van der Waals surface area contributed by atoms with Crippen molar-refractivity contribution in [3.63, 3.8) is 0 Å². The fraction of sp³-hybridized carbons (Fsp3) is 0.700. The zero-order valence-corrected chi connectivity index (χ0v) is 17.2. The first-order valence-electron chi connectivity index (χ1n) is 9.65. The van der Waals surface area contributed by atoms with E-state index < -0.39 is 0 Å². The van der Waals surface area contributed by atoms with E-state index in [0.29, 0.717) is 71.0 Å². The van der Waals surface area contributed by atoms with Gasteiger partial charge >= 0.3 is 0 Å². The van der Waals surface area contributed by atoms with Crippen LogP contribution in [-0.2, 0) is 30.2 Å². The molecule has 0 radical (unpaired) electrons. The lowest BCUT2D eigenvalue weighted by Crippen LogP contribution is -2.12. The number of aryl methyl sites for hydroxylation is 1. The van der Waals surface area contributed by atoms with Gasteiger partial charge in [0, 0.05) is 27.4 Å². The maximum atomic E-state index is 5.89. The molecule has 0 spiro atoms. The highest BCUT2D eigenvalue weighted by Crippen LogP contribution is 2.29. The van der Waals surface area contributed by atoms with Gasteiger partial charge in [-0.3, -0.25) is 0 Å². The lowest BCUT2D eigenvalue weighted by Gasteiger charge is -2.15. The van der Waals surface area contributed by atoms with Crippen molar-refractivity contribution in [2.75, 3.05) is 73.7 Å². The molecule has 0 unspecified atom stereocenters. The van der Waals surface area contributed by atoms with Crippen LogP contribution in [0.2, 0.25) is 0 Å². The SMILES string of the molecule is COCCCOCCOc1cc(CCCON)ccc1OCCOCCOC. The van der Waals surface area contributed by atoms with Crippen LogP contribution in [0.25, 0.3) is 0 Å². The molecule has 0 bridgehead atoms. The van der Waals surface area contributed by atoms with E-state index in [4.69, 9.17) is 34.3 Å². The molecular weight excluding hydrogens is 366 g/mol. The van der Waals surface area contributed by atoms with Crippen LogP contribution in [0.3, 0.4) is 0 Å². The zero-order chi connectivity index (χ0) is 20.3. The van der Waals surface area contributed by atoms with E-state index in [1.165, 1.54) is 0 Å². The molecule has 0 saturated heterocycles. The Morgan fingerprint density at radius 1 is 0.679 bits per heavy atom.